The lowest BCUT2D eigenvalue weighted by Gasteiger charge is -2.36. The number of hydrogen-bond acceptors (Lipinski definition) is 4. The van der Waals surface area contributed by atoms with Crippen molar-refractivity contribution in [3.05, 3.63) is 35.9 Å². The fraction of sp³-hybridized carbons (Fsp3) is 0.667. The van der Waals surface area contributed by atoms with Crippen LogP contribution < -0.4 is 5.32 Å². The molecular weight excluding hydrogens is 378 g/mol. The summed E-state index contributed by atoms with van der Waals surface area (Å²) in [7, 11) is 0. The highest BCUT2D eigenvalue weighted by molar-refractivity contribution is 5.80. The molecule has 2 unspecified atom stereocenters. The Kier molecular flexibility index (Phi) is 7.39. The fourth-order valence-electron chi connectivity index (χ4n) is 5.11. The van der Waals surface area contributed by atoms with Gasteiger partial charge in [-0.1, -0.05) is 43.2 Å². The molecule has 4 rings (SSSR count). The number of amides is 2. The summed E-state index contributed by atoms with van der Waals surface area (Å²) in [5.74, 6) is 0.608. The van der Waals surface area contributed by atoms with Gasteiger partial charge in [0.25, 0.3) is 0 Å². The van der Waals surface area contributed by atoms with Gasteiger partial charge in [0.2, 0.25) is 11.8 Å². The standard InChI is InChI=1S/C24H35N3O3/c28-23(21-11-6-18-30-22(21)19-7-2-1-3-8-19)25-12-13-26-14-16-27(17-15-26)24(29)20-9-4-5-10-20/h1-3,7-8,20-22H,4-6,9-18H2,(H,25,28). The van der Waals surface area contributed by atoms with E-state index < -0.39 is 0 Å². The summed E-state index contributed by atoms with van der Waals surface area (Å²) < 4.78 is 5.96. The van der Waals surface area contributed by atoms with Crippen LogP contribution in [0.3, 0.4) is 0 Å². The number of benzene rings is 1. The highest BCUT2D eigenvalue weighted by atomic mass is 16.5. The van der Waals surface area contributed by atoms with Gasteiger partial charge in [-0.2, -0.15) is 0 Å². The molecule has 1 N–H and O–H groups in total. The van der Waals surface area contributed by atoms with E-state index >= 15 is 0 Å². The zero-order valence-electron chi connectivity index (χ0n) is 17.9. The SMILES string of the molecule is O=C(NCCN1CCN(C(=O)C2CCCC2)CC1)C1CCCOC1c1ccccc1. The topological polar surface area (TPSA) is 61.9 Å². The van der Waals surface area contributed by atoms with E-state index in [1.54, 1.807) is 0 Å². The highest BCUT2D eigenvalue weighted by Crippen LogP contribution is 2.33. The summed E-state index contributed by atoms with van der Waals surface area (Å²) in [6, 6.07) is 10.1. The lowest BCUT2D eigenvalue weighted by atomic mass is 9.89. The Hall–Kier alpha value is -1.92. The van der Waals surface area contributed by atoms with Crippen LogP contribution in [0, 0.1) is 11.8 Å². The maximum Gasteiger partial charge on any atom is 0.226 e. The number of hydrogen-bond donors (Lipinski definition) is 1. The molecule has 0 bridgehead atoms. The summed E-state index contributed by atoms with van der Waals surface area (Å²) in [5.41, 5.74) is 1.08. The maximum atomic E-state index is 12.8. The van der Waals surface area contributed by atoms with Crippen LogP contribution >= 0.6 is 0 Å². The van der Waals surface area contributed by atoms with Crippen molar-refractivity contribution in [3.8, 4) is 0 Å². The smallest absolute Gasteiger partial charge is 0.226 e. The van der Waals surface area contributed by atoms with Crippen molar-refractivity contribution in [2.24, 2.45) is 11.8 Å². The molecular formula is C24H35N3O3. The Labute approximate surface area is 179 Å². The summed E-state index contributed by atoms with van der Waals surface area (Å²) in [6.07, 6.45) is 6.19. The fourth-order valence-corrected chi connectivity index (χ4v) is 5.11. The van der Waals surface area contributed by atoms with Gasteiger partial charge < -0.3 is 15.0 Å². The van der Waals surface area contributed by atoms with Gasteiger partial charge in [0.15, 0.2) is 0 Å². The predicted octanol–water partition coefficient (Wildman–Crippen LogP) is 2.60. The molecule has 30 heavy (non-hydrogen) atoms. The van der Waals surface area contributed by atoms with Crippen LogP contribution in [0.2, 0.25) is 0 Å². The normalized spacial score (nSPS) is 25.9. The first-order valence-corrected chi connectivity index (χ1v) is 11.7. The molecule has 0 spiro atoms. The minimum Gasteiger partial charge on any atom is -0.373 e. The summed E-state index contributed by atoms with van der Waals surface area (Å²) in [5, 5.41) is 3.14. The van der Waals surface area contributed by atoms with Gasteiger partial charge in [0.1, 0.15) is 0 Å². The minimum atomic E-state index is -0.148. The van der Waals surface area contributed by atoms with Crippen LogP contribution in [-0.2, 0) is 14.3 Å². The van der Waals surface area contributed by atoms with Gasteiger partial charge in [-0.15, -0.1) is 0 Å². The van der Waals surface area contributed by atoms with Crippen LogP contribution in [0.4, 0.5) is 0 Å². The molecule has 0 aromatic heterocycles. The largest absolute Gasteiger partial charge is 0.373 e. The number of carbonyl (C=O) groups excluding carboxylic acids is 2. The maximum absolute atomic E-state index is 12.8. The number of nitrogens with zero attached hydrogens (tertiary/aromatic N) is 2. The average Bonchev–Trinajstić information content (AvgIpc) is 3.35. The number of ether oxygens (including phenoxy) is 1. The zero-order chi connectivity index (χ0) is 20.8. The lowest BCUT2D eigenvalue weighted by molar-refractivity contribution is -0.137. The summed E-state index contributed by atoms with van der Waals surface area (Å²) in [6.45, 7) is 5.62. The minimum absolute atomic E-state index is 0.0959. The quantitative estimate of drug-likeness (QED) is 0.779. The Bertz CT molecular complexity index is 697. The van der Waals surface area contributed by atoms with Gasteiger partial charge in [0, 0.05) is 51.8 Å². The van der Waals surface area contributed by atoms with E-state index in [0.717, 1.165) is 64.0 Å². The van der Waals surface area contributed by atoms with Gasteiger partial charge in [-0.05, 0) is 31.2 Å². The molecule has 2 aliphatic heterocycles. The molecule has 2 heterocycles. The number of piperazine rings is 1. The number of nitrogens with one attached hydrogen (secondary N) is 1. The molecule has 1 aromatic carbocycles. The van der Waals surface area contributed by atoms with Crippen molar-refractivity contribution in [3.63, 3.8) is 0 Å². The van der Waals surface area contributed by atoms with E-state index in [4.69, 9.17) is 4.74 Å². The second-order valence-corrected chi connectivity index (χ2v) is 8.89. The van der Waals surface area contributed by atoms with Gasteiger partial charge >= 0.3 is 0 Å². The molecule has 2 atom stereocenters. The second kappa shape index (κ2) is 10.4. The molecule has 3 fully saturated rings. The first-order valence-electron chi connectivity index (χ1n) is 11.7. The molecule has 6 nitrogen and oxygen atoms in total. The molecule has 3 aliphatic rings. The Balaban J connectivity index is 1.20. The summed E-state index contributed by atoms with van der Waals surface area (Å²) in [4.78, 5) is 29.8. The van der Waals surface area contributed by atoms with Gasteiger partial charge in [0.05, 0.1) is 12.0 Å². The monoisotopic (exact) mass is 413 g/mol. The van der Waals surface area contributed by atoms with E-state index in [-0.39, 0.29) is 23.8 Å². The molecule has 164 valence electrons. The molecule has 1 aromatic rings. The van der Waals surface area contributed by atoms with Crippen LogP contribution in [-0.4, -0.2) is 67.5 Å². The Morgan fingerprint density at radius 2 is 1.70 bits per heavy atom. The molecule has 1 aliphatic carbocycles. The van der Waals surface area contributed by atoms with Crippen molar-refractivity contribution >= 4 is 11.8 Å². The third-order valence-electron chi connectivity index (χ3n) is 6.90. The van der Waals surface area contributed by atoms with E-state index in [9.17, 15) is 9.59 Å². The summed E-state index contributed by atoms with van der Waals surface area (Å²) >= 11 is 0. The first kappa shape index (κ1) is 21.3. The number of rotatable bonds is 6. The number of carbonyl (C=O) groups is 2. The molecule has 2 amide bonds. The molecule has 2 saturated heterocycles. The first-order chi connectivity index (χ1) is 14.7. The lowest BCUT2D eigenvalue weighted by Crippen LogP contribution is -2.51. The highest BCUT2D eigenvalue weighted by Gasteiger charge is 2.33. The Morgan fingerprint density at radius 1 is 0.967 bits per heavy atom. The zero-order valence-corrected chi connectivity index (χ0v) is 17.9. The van der Waals surface area contributed by atoms with Crippen molar-refractivity contribution in [1.82, 2.24) is 15.1 Å². The second-order valence-electron chi connectivity index (χ2n) is 8.89. The molecule has 1 saturated carbocycles. The van der Waals surface area contributed by atoms with Gasteiger partial charge in [-0.3, -0.25) is 14.5 Å². The van der Waals surface area contributed by atoms with Crippen molar-refractivity contribution in [1.29, 1.82) is 0 Å². The third-order valence-corrected chi connectivity index (χ3v) is 6.90. The van der Waals surface area contributed by atoms with Crippen LogP contribution in [0.5, 0.6) is 0 Å². The van der Waals surface area contributed by atoms with Crippen molar-refractivity contribution in [2.75, 3.05) is 45.9 Å². The van der Waals surface area contributed by atoms with Crippen molar-refractivity contribution in [2.45, 2.75) is 44.6 Å². The average molecular weight is 414 g/mol. The molecule has 0 radical (unpaired) electrons. The van der Waals surface area contributed by atoms with Crippen molar-refractivity contribution < 1.29 is 14.3 Å². The van der Waals surface area contributed by atoms with E-state index in [0.29, 0.717) is 19.1 Å². The van der Waals surface area contributed by atoms with Crippen LogP contribution in [0.1, 0.15) is 50.2 Å². The molecule has 6 heteroatoms. The van der Waals surface area contributed by atoms with Crippen LogP contribution in [0.25, 0.3) is 0 Å². The van der Waals surface area contributed by atoms with Gasteiger partial charge in [-0.25, -0.2) is 0 Å². The van der Waals surface area contributed by atoms with Crippen LogP contribution in [0.15, 0.2) is 30.3 Å². The van der Waals surface area contributed by atoms with E-state index in [2.05, 4.69) is 15.1 Å². The Morgan fingerprint density at radius 3 is 2.43 bits per heavy atom. The van der Waals surface area contributed by atoms with E-state index in [1.165, 1.54) is 12.8 Å². The third kappa shape index (κ3) is 5.22. The van der Waals surface area contributed by atoms with E-state index in [1.807, 2.05) is 30.3 Å². The predicted molar refractivity (Wildman–Crippen MR) is 116 cm³/mol.